The smallest absolute Gasteiger partial charge is 0.118 e. The van der Waals surface area contributed by atoms with Crippen LogP contribution in [0.15, 0.2) is 36.4 Å². The third kappa shape index (κ3) is 2.82. The number of hydrogen-bond donors (Lipinski definition) is 2. The second-order valence-corrected chi connectivity index (χ2v) is 11.4. The van der Waals surface area contributed by atoms with Crippen LogP contribution in [0.4, 0.5) is 0 Å². The van der Waals surface area contributed by atoms with Crippen molar-refractivity contribution in [3.63, 3.8) is 0 Å². The highest BCUT2D eigenvalue weighted by molar-refractivity contribution is 5.46. The van der Waals surface area contributed by atoms with E-state index in [2.05, 4.69) is 38.1 Å². The Bertz CT molecular complexity index is 994. The van der Waals surface area contributed by atoms with Gasteiger partial charge in [0.05, 0.1) is 0 Å². The van der Waals surface area contributed by atoms with E-state index < -0.39 is 0 Å². The molecule has 4 aliphatic rings. The van der Waals surface area contributed by atoms with Crippen molar-refractivity contribution in [2.24, 2.45) is 16.7 Å². The molecule has 30 heavy (non-hydrogen) atoms. The zero-order valence-corrected chi connectivity index (χ0v) is 19.0. The van der Waals surface area contributed by atoms with Gasteiger partial charge in [-0.15, -0.1) is 0 Å². The number of rotatable bonds is 4. The lowest BCUT2D eigenvalue weighted by atomic mass is 9.34. The van der Waals surface area contributed by atoms with Gasteiger partial charge in [-0.1, -0.05) is 44.5 Å². The molecule has 4 saturated carbocycles. The maximum absolute atomic E-state index is 10.2. The molecule has 0 aliphatic heterocycles. The first-order chi connectivity index (χ1) is 14.2. The SMILES string of the molecule is CCCC12CC3CC(C)(C1)CC(c1ccc(O)c(C)c1)(C2)C3c1ccc(O)c(C)c1. The van der Waals surface area contributed by atoms with Gasteiger partial charge < -0.3 is 10.2 Å². The van der Waals surface area contributed by atoms with Crippen molar-refractivity contribution < 1.29 is 10.2 Å². The van der Waals surface area contributed by atoms with Crippen LogP contribution in [0.3, 0.4) is 0 Å². The van der Waals surface area contributed by atoms with Gasteiger partial charge in [-0.05, 0) is 109 Å². The molecule has 2 nitrogen and oxygen atoms in total. The van der Waals surface area contributed by atoms with Crippen LogP contribution in [-0.2, 0) is 5.41 Å². The monoisotopic (exact) mass is 404 g/mol. The van der Waals surface area contributed by atoms with E-state index in [-0.39, 0.29) is 5.41 Å². The van der Waals surface area contributed by atoms with E-state index in [1.54, 1.807) is 0 Å². The van der Waals surface area contributed by atoms with Gasteiger partial charge in [0.1, 0.15) is 11.5 Å². The zero-order valence-electron chi connectivity index (χ0n) is 19.0. The Kier molecular flexibility index (Phi) is 4.34. The Hall–Kier alpha value is -1.96. The third-order valence-electron chi connectivity index (χ3n) is 8.88. The molecule has 2 heteroatoms. The van der Waals surface area contributed by atoms with Crippen LogP contribution in [0.25, 0.3) is 0 Å². The summed E-state index contributed by atoms with van der Waals surface area (Å²) in [6.07, 6.45) is 9.13. The molecule has 0 radical (unpaired) electrons. The van der Waals surface area contributed by atoms with E-state index in [9.17, 15) is 10.2 Å². The van der Waals surface area contributed by atoms with Gasteiger partial charge in [0, 0.05) is 5.41 Å². The van der Waals surface area contributed by atoms with E-state index >= 15 is 0 Å². The van der Waals surface area contributed by atoms with Gasteiger partial charge >= 0.3 is 0 Å². The van der Waals surface area contributed by atoms with Crippen molar-refractivity contribution in [1.82, 2.24) is 0 Å². The molecule has 6 rings (SSSR count). The van der Waals surface area contributed by atoms with Crippen LogP contribution in [-0.4, -0.2) is 10.2 Å². The van der Waals surface area contributed by atoms with Gasteiger partial charge in [-0.3, -0.25) is 0 Å². The Morgan fingerprint density at radius 2 is 1.60 bits per heavy atom. The van der Waals surface area contributed by atoms with Gasteiger partial charge in [0.15, 0.2) is 0 Å². The molecule has 4 bridgehead atoms. The maximum Gasteiger partial charge on any atom is 0.118 e. The first kappa shape index (κ1) is 20.0. The molecule has 4 fully saturated rings. The Morgan fingerprint density at radius 3 is 2.27 bits per heavy atom. The number of benzene rings is 2. The van der Waals surface area contributed by atoms with E-state index in [1.807, 2.05) is 26.0 Å². The minimum atomic E-state index is 0.116. The Balaban J connectivity index is 1.72. The van der Waals surface area contributed by atoms with Crippen molar-refractivity contribution in [1.29, 1.82) is 0 Å². The van der Waals surface area contributed by atoms with E-state index in [0.29, 0.717) is 34.2 Å². The first-order valence-corrected chi connectivity index (χ1v) is 11.8. The van der Waals surface area contributed by atoms with E-state index in [0.717, 1.165) is 11.1 Å². The van der Waals surface area contributed by atoms with Gasteiger partial charge in [-0.2, -0.15) is 0 Å². The highest BCUT2D eigenvalue weighted by Crippen LogP contribution is 2.75. The number of aromatic hydroxyl groups is 2. The van der Waals surface area contributed by atoms with E-state index in [4.69, 9.17) is 0 Å². The molecular formula is C28H36O2. The second kappa shape index (κ2) is 6.52. The highest BCUT2D eigenvalue weighted by atomic mass is 16.3. The fraction of sp³-hybridized carbons (Fsp3) is 0.571. The van der Waals surface area contributed by atoms with Crippen molar-refractivity contribution >= 4 is 0 Å². The van der Waals surface area contributed by atoms with Crippen molar-refractivity contribution in [2.75, 3.05) is 0 Å². The summed E-state index contributed by atoms with van der Waals surface area (Å²) >= 11 is 0. The maximum atomic E-state index is 10.2. The highest BCUT2D eigenvalue weighted by Gasteiger charge is 2.66. The summed E-state index contributed by atoms with van der Waals surface area (Å²) in [5.41, 5.74) is 5.76. The van der Waals surface area contributed by atoms with Gasteiger partial charge in [0.2, 0.25) is 0 Å². The quantitative estimate of drug-likeness (QED) is 0.569. The van der Waals surface area contributed by atoms with Crippen LogP contribution >= 0.6 is 0 Å². The van der Waals surface area contributed by atoms with Crippen LogP contribution in [0.2, 0.25) is 0 Å². The summed E-state index contributed by atoms with van der Waals surface area (Å²) < 4.78 is 0. The van der Waals surface area contributed by atoms with Crippen molar-refractivity contribution in [2.45, 2.75) is 84.0 Å². The molecule has 2 N–H and O–H groups in total. The molecule has 0 aromatic heterocycles. The van der Waals surface area contributed by atoms with Gasteiger partial charge in [0.25, 0.3) is 0 Å². The molecular weight excluding hydrogens is 368 g/mol. The predicted molar refractivity (Wildman–Crippen MR) is 122 cm³/mol. The lowest BCUT2D eigenvalue weighted by Gasteiger charge is -2.70. The first-order valence-electron chi connectivity index (χ1n) is 11.8. The Labute approximate surface area is 181 Å². The zero-order chi connectivity index (χ0) is 21.3. The summed E-state index contributed by atoms with van der Waals surface area (Å²) in [6.45, 7) is 8.94. The molecule has 5 atom stereocenters. The number of phenols is 2. The summed E-state index contributed by atoms with van der Waals surface area (Å²) in [4.78, 5) is 0. The van der Waals surface area contributed by atoms with Crippen molar-refractivity contribution in [3.8, 4) is 11.5 Å². The van der Waals surface area contributed by atoms with E-state index in [1.165, 1.54) is 56.1 Å². The molecule has 0 spiro atoms. The summed E-state index contributed by atoms with van der Waals surface area (Å²) in [5.74, 6) is 1.97. The minimum absolute atomic E-state index is 0.116. The molecule has 0 amide bonds. The molecule has 2 aromatic rings. The molecule has 160 valence electrons. The van der Waals surface area contributed by atoms with Crippen molar-refractivity contribution in [3.05, 3.63) is 58.7 Å². The third-order valence-corrected chi connectivity index (χ3v) is 8.88. The largest absolute Gasteiger partial charge is 0.508 e. The fourth-order valence-electron chi connectivity index (χ4n) is 8.60. The average Bonchev–Trinajstić information content (AvgIpc) is 2.65. The normalized spacial score (nSPS) is 36.9. The van der Waals surface area contributed by atoms with Crippen LogP contribution < -0.4 is 0 Å². The Morgan fingerprint density at radius 1 is 0.900 bits per heavy atom. The summed E-state index contributed by atoms with van der Waals surface area (Å²) in [7, 11) is 0. The number of aryl methyl sites for hydroxylation is 2. The molecule has 0 heterocycles. The fourth-order valence-corrected chi connectivity index (χ4v) is 8.60. The standard InChI is InChI=1S/C28H36O2/c1-5-10-27-14-21-13-26(4,15-27)16-28(17-27,22-7-9-24(30)19(3)12-22)25(21)20-6-8-23(29)18(2)11-20/h6-9,11-12,21,25,29-30H,5,10,13-17H2,1-4H3. The van der Waals surface area contributed by atoms with Crippen LogP contribution in [0.1, 0.15) is 87.0 Å². The predicted octanol–water partition coefficient (Wildman–Crippen LogP) is 7.14. The lowest BCUT2D eigenvalue weighted by molar-refractivity contribution is -0.136. The molecule has 4 aliphatic carbocycles. The molecule has 2 aromatic carbocycles. The molecule has 0 saturated heterocycles. The van der Waals surface area contributed by atoms with Crippen LogP contribution in [0.5, 0.6) is 11.5 Å². The molecule has 5 unspecified atom stereocenters. The number of hydrogen-bond acceptors (Lipinski definition) is 2. The summed E-state index contributed by atoms with van der Waals surface area (Å²) in [6, 6.07) is 12.7. The average molecular weight is 405 g/mol. The topological polar surface area (TPSA) is 40.5 Å². The number of phenolic OH excluding ortho intramolecular Hbond substituents is 2. The lowest BCUT2D eigenvalue weighted by Crippen LogP contribution is -2.61. The minimum Gasteiger partial charge on any atom is -0.508 e. The van der Waals surface area contributed by atoms with Gasteiger partial charge in [-0.25, -0.2) is 0 Å². The summed E-state index contributed by atoms with van der Waals surface area (Å²) in [5, 5.41) is 20.4. The second-order valence-electron chi connectivity index (χ2n) is 11.4. The van der Waals surface area contributed by atoms with Crippen LogP contribution in [0, 0.1) is 30.6 Å².